The van der Waals surface area contributed by atoms with Gasteiger partial charge >= 0.3 is 0 Å². The Kier molecular flexibility index (Phi) is 6.22. The molecule has 0 spiro atoms. The highest BCUT2D eigenvalue weighted by Gasteiger charge is 2.40. The predicted molar refractivity (Wildman–Crippen MR) is 112 cm³/mol. The molecule has 0 unspecified atom stereocenters. The molecule has 30 heavy (non-hydrogen) atoms. The molecule has 1 amide bonds. The maximum Gasteiger partial charge on any atom is 0.253 e. The number of hydrogen-bond donors (Lipinski definition) is 0. The Balaban J connectivity index is 1.37. The summed E-state index contributed by atoms with van der Waals surface area (Å²) in [6.45, 7) is 1.02. The third kappa shape index (κ3) is 4.29. The van der Waals surface area contributed by atoms with Crippen molar-refractivity contribution in [1.29, 1.82) is 0 Å². The predicted octanol–water partition coefficient (Wildman–Crippen LogP) is 2.67. The standard InChI is InChI=1S/C20H20Cl2N2O5S/c21-15-5-1-3-7-17(15)29-14-11-23(12-14)20(25)18-13-24(9-10-28-18)30(26,27)19-8-4-2-6-16(19)22/h1-8,14,18H,9-13H2/t18-/m1/s1. The molecule has 0 radical (unpaired) electrons. The maximum absolute atomic E-state index is 12.9. The van der Waals surface area contributed by atoms with E-state index in [1.165, 1.54) is 16.4 Å². The number of likely N-dealkylation sites (tertiary alicyclic amines) is 1. The average molecular weight is 471 g/mol. The van der Waals surface area contributed by atoms with Gasteiger partial charge in [0.1, 0.15) is 22.9 Å². The second kappa shape index (κ2) is 8.72. The Morgan fingerprint density at radius 3 is 2.37 bits per heavy atom. The van der Waals surface area contributed by atoms with Gasteiger partial charge in [-0.05, 0) is 24.3 Å². The lowest BCUT2D eigenvalue weighted by Gasteiger charge is -2.42. The van der Waals surface area contributed by atoms with Crippen molar-refractivity contribution in [2.75, 3.05) is 32.8 Å². The number of hydrogen-bond acceptors (Lipinski definition) is 5. The SMILES string of the molecule is O=C([C@H]1CN(S(=O)(=O)c2ccccc2Cl)CCO1)N1CC(Oc2ccccc2Cl)C1. The molecule has 2 aliphatic heterocycles. The van der Waals surface area contributed by atoms with E-state index in [9.17, 15) is 13.2 Å². The van der Waals surface area contributed by atoms with Crippen LogP contribution in [0.25, 0.3) is 0 Å². The monoisotopic (exact) mass is 470 g/mol. The third-order valence-corrected chi connectivity index (χ3v) is 7.73. The Morgan fingerprint density at radius 2 is 1.67 bits per heavy atom. The van der Waals surface area contributed by atoms with Gasteiger partial charge in [-0.1, -0.05) is 47.5 Å². The van der Waals surface area contributed by atoms with E-state index < -0.39 is 16.1 Å². The maximum atomic E-state index is 12.9. The fourth-order valence-corrected chi connectivity index (χ4v) is 5.50. The molecule has 0 aliphatic carbocycles. The molecule has 2 aromatic carbocycles. The summed E-state index contributed by atoms with van der Waals surface area (Å²) in [7, 11) is -3.82. The van der Waals surface area contributed by atoms with Crippen LogP contribution in [0.5, 0.6) is 5.75 Å². The number of ether oxygens (including phenoxy) is 2. The van der Waals surface area contributed by atoms with Gasteiger partial charge in [0.25, 0.3) is 5.91 Å². The Hall–Kier alpha value is -1.84. The van der Waals surface area contributed by atoms with Gasteiger partial charge in [0.2, 0.25) is 10.0 Å². The summed E-state index contributed by atoms with van der Waals surface area (Å²) < 4.78 is 38.5. The smallest absolute Gasteiger partial charge is 0.253 e. The van der Waals surface area contributed by atoms with Crippen molar-refractivity contribution < 1.29 is 22.7 Å². The van der Waals surface area contributed by atoms with Crippen LogP contribution in [0.2, 0.25) is 10.0 Å². The normalized spacial score (nSPS) is 20.6. The molecule has 2 aliphatic rings. The molecule has 2 fully saturated rings. The highest BCUT2D eigenvalue weighted by molar-refractivity contribution is 7.89. The number of amides is 1. The zero-order chi connectivity index (χ0) is 21.3. The van der Waals surface area contributed by atoms with E-state index in [0.717, 1.165) is 0 Å². The number of morpholine rings is 1. The van der Waals surface area contributed by atoms with Crippen LogP contribution in [0.4, 0.5) is 0 Å². The quantitative estimate of drug-likeness (QED) is 0.671. The van der Waals surface area contributed by atoms with Crippen LogP contribution in [0.1, 0.15) is 0 Å². The number of carbonyl (C=O) groups is 1. The molecule has 0 aromatic heterocycles. The number of benzene rings is 2. The van der Waals surface area contributed by atoms with Crippen molar-refractivity contribution in [2.24, 2.45) is 0 Å². The van der Waals surface area contributed by atoms with Crippen LogP contribution >= 0.6 is 23.2 Å². The zero-order valence-electron chi connectivity index (χ0n) is 15.9. The number of para-hydroxylation sites is 1. The second-order valence-corrected chi connectivity index (χ2v) is 9.79. The van der Waals surface area contributed by atoms with Gasteiger partial charge in [-0.2, -0.15) is 4.31 Å². The van der Waals surface area contributed by atoms with Crippen molar-refractivity contribution >= 4 is 39.1 Å². The first-order valence-electron chi connectivity index (χ1n) is 9.42. The lowest BCUT2D eigenvalue weighted by Crippen LogP contribution is -2.61. The molecule has 0 N–H and O–H groups in total. The van der Waals surface area contributed by atoms with E-state index in [4.69, 9.17) is 32.7 Å². The highest BCUT2D eigenvalue weighted by Crippen LogP contribution is 2.28. The molecule has 160 valence electrons. The minimum absolute atomic E-state index is 0.0249. The number of carbonyl (C=O) groups excluding carboxylic acids is 1. The van der Waals surface area contributed by atoms with Crippen LogP contribution in [0, 0.1) is 0 Å². The minimum atomic E-state index is -3.82. The second-order valence-electron chi connectivity index (χ2n) is 7.07. The first-order chi connectivity index (χ1) is 14.4. The molecule has 0 saturated carbocycles. The summed E-state index contributed by atoms with van der Waals surface area (Å²) in [5.41, 5.74) is 0. The third-order valence-electron chi connectivity index (χ3n) is 5.05. The molecule has 7 nitrogen and oxygen atoms in total. The molecule has 4 rings (SSSR count). The van der Waals surface area contributed by atoms with Gasteiger partial charge in [-0.3, -0.25) is 4.79 Å². The number of sulfonamides is 1. The van der Waals surface area contributed by atoms with Crippen molar-refractivity contribution in [3.8, 4) is 5.75 Å². The van der Waals surface area contributed by atoms with Crippen LogP contribution in [-0.2, 0) is 19.6 Å². The van der Waals surface area contributed by atoms with Crippen molar-refractivity contribution in [3.63, 3.8) is 0 Å². The summed E-state index contributed by atoms with van der Waals surface area (Å²) in [6, 6.07) is 13.4. The highest BCUT2D eigenvalue weighted by atomic mass is 35.5. The molecule has 2 aromatic rings. The Bertz CT molecular complexity index is 1040. The van der Waals surface area contributed by atoms with Gasteiger partial charge < -0.3 is 14.4 Å². The summed E-state index contributed by atoms with van der Waals surface area (Å²) in [5.74, 6) is 0.315. The molecule has 1 atom stereocenters. The van der Waals surface area contributed by atoms with E-state index in [2.05, 4.69) is 0 Å². The first kappa shape index (κ1) is 21.4. The van der Waals surface area contributed by atoms with Crippen molar-refractivity contribution in [3.05, 3.63) is 58.6 Å². The van der Waals surface area contributed by atoms with Crippen LogP contribution in [0.15, 0.2) is 53.4 Å². The summed E-state index contributed by atoms with van der Waals surface area (Å²) in [4.78, 5) is 14.4. The van der Waals surface area contributed by atoms with E-state index in [1.807, 2.05) is 12.1 Å². The summed E-state index contributed by atoms with van der Waals surface area (Å²) >= 11 is 12.2. The van der Waals surface area contributed by atoms with Crippen LogP contribution < -0.4 is 4.74 Å². The first-order valence-corrected chi connectivity index (χ1v) is 11.6. The fourth-order valence-electron chi connectivity index (χ4n) is 3.40. The number of rotatable bonds is 5. The van der Waals surface area contributed by atoms with Gasteiger partial charge in [0.15, 0.2) is 0 Å². The zero-order valence-corrected chi connectivity index (χ0v) is 18.2. The van der Waals surface area contributed by atoms with E-state index in [-0.39, 0.29) is 41.6 Å². The summed E-state index contributed by atoms with van der Waals surface area (Å²) in [5, 5.41) is 0.660. The van der Waals surface area contributed by atoms with Gasteiger partial charge in [0.05, 0.1) is 29.7 Å². The number of halogens is 2. The summed E-state index contributed by atoms with van der Waals surface area (Å²) in [6.07, 6.45) is -1.03. The van der Waals surface area contributed by atoms with Crippen LogP contribution in [0.3, 0.4) is 0 Å². The van der Waals surface area contributed by atoms with Gasteiger partial charge in [0, 0.05) is 13.1 Å². The van der Waals surface area contributed by atoms with E-state index in [0.29, 0.717) is 23.9 Å². The average Bonchev–Trinajstić information content (AvgIpc) is 2.71. The largest absolute Gasteiger partial charge is 0.485 e. The van der Waals surface area contributed by atoms with Crippen LogP contribution in [-0.4, -0.2) is 68.5 Å². The van der Waals surface area contributed by atoms with E-state index >= 15 is 0 Å². The molecule has 0 bridgehead atoms. The van der Waals surface area contributed by atoms with E-state index in [1.54, 1.807) is 29.2 Å². The molecule has 10 heteroatoms. The Morgan fingerprint density at radius 1 is 1.00 bits per heavy atom. The molecule has 2 saturated heterocycles. The fraction of sp³-hybridized carbons (Fsp3) is 0.350. The lowest BCUT2D eigenvalue weighted by atomic mass is 10.1. The Labute approximate surface area is 185 Å². The lowest BCUT2D eigenvalue weighted by molar-refractivity contribution is -0.156. The topological polar surface area (TPSA) is 76.2 Å². The molecule has 2 heterocycles. The van der Waals surface area contributed by atoms with Crippen molar-refractivity contribution in [1.82, 2.24) is 9.21 Å². The van der Waals surface area contributed by atoms with Crippen molar-refractivity contribution in [2.45, 2.75) is 17.1 Å². The minimum Gasteiger partial charge on any atom is -0.485 e. The van der Waals surface area contributed by atoms with Gasteiger partial charge in [-0.15, -0.1) is 0 Å². The molecular formula is C20H20Cl2N2O5S. The number of nitrogens with zero attached hydrogens (tertiary/aromatic N) is 2. The van der Waals surface area contributed by atoms with Gasteiger partial charge in [-0.25, -0.2) is 8.42 Å². The molecular weight excluding hydrogens is 451 g/mol.